The van der Waals surface area contributed by atoms with Crippen LogP contribution in [0, 0.1) is 5.82 Å². The van der Waals surface area contributed by atoms with Crippen LogP contribution in [0.5, 0.6) is 11.5 Å². The van der Waals surface area contributed by atoms with E-state index in [1.54, 1.807) is 24.3 Å². The third-order valence-corrected chi connectivity index (χ3v) is 6.70. The van der Waals surface area contributed by atoms with E-state index in [1.807, 2.05) is 6.07 Å². The number of hydrogen-bond acceptors (Lipinski definition) is 7. The molecular formula is C22H24ClFN4O3S. The molecule has 1 aliphatic rings. The van der Waals surface area contributed by atoms with Gasteiger partial charge in [0.05, 0.1) is 30.7 Å². The first kappa shape index (κ1) is 22.6. The predicted octanol–water partition coefficient (Wildman–Crippen LogP) is 4.52. The van der Waals surface area contributed by atoms with Crippen molar-refractivity contribution in [2.24, 2.45) is 0 Å². The van der Waals surface area contributed by atoms with E-state index in [1.165, 1.54) is 25.6 Å². The minimum absolute atomic E-state index is 0.0333. The Morgan fingerprint density at radius 3 is 2.72 bits per heavy atom. The summed E-state index contributed by atoms with van der Waals surface area (Å²) in [5.41, 5.74) is 0.564. The first-order valence-electron chi connectivity index (χ1n) is 10.3. The average Bonchev–Trinajstić information content (AvgIpc) is 3.39. The van der Waals surface area contributed by atoms with Crippen molar-refractivity contribution < 1.29 is 18.7 Å². The lowest BCUT2D eigenvalue weighted by Crippen LogP contribution is -2.27. The Morgan fingerprint density at radius 1 is 1.28 bits per heavy atom. The highest BCUT2D eigenvalue weighted by molar-refractivity contribution is 7.16. The number of carbonyl (C=O) groups excluding carboxylic acids is 1. The number of rotatable bonds is 7. The van der Waals surface area contributed by atoms with Crippen molar-refractivity contribution in [3.63, 3.8) is 0 Å². The topological polar surface area (TPSA) is 77.4 Å². The molecule has 4 rings (SSSR count). The van der Waals surface area contributed by atoms with Gasteiger partial charge in [0.15, 0.2) is 11.6 Å². The molecule has 3 aromatic rings. The van der Waals surface area contributed by atoms with E-state index in [0.717, 1.165) is 35.5 Å². The van der Waals surface area contributed by atoms with Crippen LogP contribution >= 0.6 is 22.9 Å². The van der Waals surface area contributed by atoms with E-state index in [4.69, 9.17) is 21.1 Å². The molecule has 3 heterocycles. The lowest BCUT2D eigenvalue weighted by atomic mass is 9.94. The lowest BCUT2D eigenvalue weighted by Gasteiger charge is -2.20. The normalized spacial score (nSPS) is 14.4. The molecule has 7 nitrogen and oxygen atoms in total. The molecule has 1 aliphatic heterocycles. The largest absolute Gasteiger partial charge is 0.497 e. The maximum absolute atomic E-state index is 15.6. The van der Waals surface area contributed by atoms with Crippen LogP contribution in [0.4, 0.5) is 10.2 Å². The molecule has 0 amide bonds. The van der Waals surface area contributed by atoms with Crippen molar-refractivity contribution in [1.82, 2.24) is 15.1 Å². The highest BCUT2D eigenvalue weighted by Crippen LogP contribution is 2.33. The highest BCUT2D eigenvalue weighted by Gasteiger charge is 2.30. The molecule has 1 fully saturated rings. The van der Waals surface area contributed by atoms with Crippen molar-refractivity contribution in [3.8, 4) is 11.5 Å². The van der Waals surface area contributed by atoms with Gasteiger partial charge in [0, 0.05) is 16.9 Å². The van der Waals surface area contributed by atoms with Gasteiger partial charge in [0.25, 0.3) is 5.91 Å². The SMILES string of the molecule is COc1ccc(C(=O)n2nc(C3CCNCC3)c(F)c2NCc2ccc(Cl)s2)c(OC)c1. The van der Waals surface area contributed by atoms with Crippen molar-refractivity contribution in [2.45, 2.75) is 25.3 Å². The van der Waals surface area contributed by atoms with Gasteiger partial charge < -0.3 is 20.1 Å². The molecule has 1 saturated heterocycles. The minimum Gasteiger partial charge on any atom is -0.497 e. The number of hydrogen-bond donors (Lipinski definition) is 2. The predicted molar refractivity (Wildman–Crippen MR) is 123 cm³/mol. The highest BCUT2D eigenvalue weighted by atomic mass is 35.5. The molecule has 0 unspecified atom stereocenters. The Balaban J connectivity index is 1.72. The summed E-state index contributed by atoms with van der Waals surface area (Å²) < 4.78 is 27.9. The summed E-state index contributed by atoms with van der Waals surface area (Å²) in [6.07, 6.45) is 1.52. The monoisotopic (exact) mass is 478 g/mol. The zero-order chi connectivity index (χ0) is 22.7. The van der Waals surface area contributed by atoms with Crippen molar-refractivity contribution in [3.05, 3.63) is 56.6 Å². The number of halogens is 2. The second kappa shape index (κ2) is 9.89. The number of benzene rings is 1. The molecule has 0 bridgehead atoms. The summed E-state index contributed by atoms with van der Waals surface area (Å²) in [7, 11) is 3.00. The number of ether oxygens (including phenoxy) is 2. The van der Waals surface area contributed by atoms with Gasteiger partial charge in [0.1, 0.15) is 17.2 Å². The molecule has 2 N–H and O–H groups in total. The number of aromatic nitrogens is 2. The standard InChI is InChI=1S/C22H24ClFN4O3S/c1-30-14-3-5-16(17(11-14)31-2)22(29)28-21(26-12-15-4-6-18(23)32-15)19(24)20(27-28)13-7-9-25-10-8-13/h3-6,11,13,25-26H,7-10,12H2,1-2H3. The first-order chi connectivity index (χ1) is 15.5. The average molecular weight is 479 g/mol. The number of methoxy groups -OCH3 is 2. The minimum atomic E-state index is -0.500. The molecule has 2 aromatic heterocycles. The van der Waals surface area contributed by atoms with Gasteiger partial charge in [0.2, 0.25) is 0 Å². The zero-order valence-corrected chi connectivity index (χ0v) is 19.4. The van der Waals surface area contributed by atoms with E-state index < -0.39 is 11.7 Å². The second-order valence-corrected chi connectivity index (χ2v) is 9.21. The van der Waals surface area contributed by atoms with Crippen molar-refractivity contribution >= 4 is 34.7 Å². The fourth-order valence-electron chi connectivity index (χ4n) is 3.78. The van der Waals surface area contributed by atoms with Crippen LogP contribution in [0.15, 0.2) is 30.3 Å². The Labute approximate surface area is 194 Å². The number of anilines is 1. The van der Waals surface area contributed by atoms with Crippen LogP contribution in [0.25, 0.3) is 0 Å². The molecule has 0 atom stereocenters. The van der Waals surface area contributed by atoms with Gasteiger partial charge in [-0.3, -0.25) is 4.79 Å². The third kappa shape index (κ3) is 4.60. The summed E-state index contributed by atoms with van der Waals surface area (Å²) >= 11 is 7.41. The summed E-state index contributed by atoms with van der Waals surface area (Å²) in [4.78, 5) is 14.4. The van der Waals surface area contributed by atoms with Crippen LogP contribution in [0.2, 0.25) is 4.34 Å². The fraction of sp³-hybridized carbons (Fsp3) is 0.364. The number of nitrogens with zero attached hydrogens (tertiary/aromatic N) is 2. The summed E-state index contributed by atoms with van der Waals surface area (Å²) in [6.45, 7) is 1.89. The van der Waals surface area contributed by atoms with E-state index in [9.17, 15) is 4.79 Å². The molecule has 10 heteroatoms. The van der Waals surface area contributed by atoms with Crippen LogP contribution in [-0.2, 0) is 6.54 Å². The van der Waals surface area contributed by atoms with Crippen molar-refractivity contribution in [2.75, 3.05) is 32.6 Å². The Morgan fingerprint density at radius 2 is 2.06 bits per heavy atom. The summed E-state index contributed by atoms with van der Waals surface area (Å²) in [5.74, 6) is -0.139. The van der Waals surface area contributed by atoms with Gasteiger partial charge >= 0.3 is 0 Å². The Kier molecular flexibility index (Phi) is 6.98. The number of nitrogens with one attached hydrogen (secondary N) is 2. The second-order valence-electron chi connectivity index (χ2n) is 7.41. The Bertz CT molecular complexity index is 1110. The van der Waals surface area contributed by atoms with Crippen LogP contribution in [0.3, 0.4) is 0 Å². The van der Waals surface area contributed by atoms with E-state index in [0.29, 0.717) is 28.1 Å². The number of piperidine rings is 1. The Hall–Kier alpha value is -2.62. The summed E-state index contributed by atoms with van der Waals surface area (Å²) in [6, 6.07) is 8.50. The van der Waals surface area contributed by atoms with Gasteiger partial charge in [-0.05, 0) is 50.2 Å². The van der Waals surface area contributed by atoms with Gasteiger partial charge in [-0.15, -0.1) is 11.3 Å². The molecule has 0 aliphatic carbocycles. The van der Waals surface area contributed by atoms with Crippen LogP contribution in [0.1, 0.15) is 39.7 Å². The maximum atomic E-state index is 15.6. The molecule has 0 saturated carbocycles. The molecular weight excluding hydrogens is 455 g/mol. The lowest BCUT2D eigenvalue weighted by molar-refractivity contribution is 0.0943. The smallest absolute Gasteiger partial charge is 0.283 e. The zero-order valence-electron chi connectivity index (χ0n) is 17.8. The van der Waals surface area contributed by atoms with E-state index >= 15 is 4.39 Å². The molecule has 32 heavy (non-hydrogen) atoms. The molecule has 170 valence electrons. The van der Waals surface area contributed by atoms with E-state index in [-0.39, 0.29) is 17.3 Å². The van der Waals surface area contributed by atoms with Crippen molar-refractivity contribution in [1.29, 1.82) is 0 Å². The van der Waals surface area contributed by atoms with Gasteiger partial charge in [-0.1, -0.05) is 11.6 Å². The molecule has 0 radical (unpaired) electrons. The van der Waals surface area contributed by atoms with Crippen LogP contribution in [-0.4, -0.2) is 43.0 Å². The first-order valence-corrected chi connectivity index (χ1v) is 11.4. The fourth-order valence-corrected chi connectivity index (χ4v) is 4.81. The third-order valence-electron chi connectivity index (χ3n) is 5.47. The maximum Gasteiger partial charge on any atom is 0.283 e. The van der Waals surface area contributed by atoms with Gasteiger partial charge in [-0.25, -0.2) is 4.39 Å². The quantitative estimate of drug-likeness (QED) is 0.520. The molecule has 0 spiro atoms. The van der Waals surface area contributed by atoms with Crippen LogP contribution < -0.4 is 20.1 Å². The van der Waals surface area contributed by atoms with Gasteiger partial charge in [-0.2, -0.15) is 9.78 Å². The summed E-state index contributed by atoms with van der Waals surface area (Å²) in [5, 5.41) is 10.8. The number of thiophene rings is 1. The van der Waals surface area contributed by atoms with E-state index in [2.05, 4.69) is 15.7 Å². The molecule has 1 aromatic carbocycles. The number of carbonyl (C=O) groups is 1.